The Labute approximate surface area is 77.7 Å². The van der Waals surface area contributed by atoms with Crippen LogP contribution < -0.4 is 5.32 Å². The minimum atomic E-state index is -0.279. The molecule has 0 aromatic rings. The molecule has 2 nitrogen and oxygen atoms in total. The highest BCUT2D eigenvalue weighted by Gasteiger charge is 2.26. The molecule has 1 unspecified atom stereocenters. The second-order valence-electron chi connectivity index (χ2n) is 3.23. The zero-order valence-corrected chi connectivity index (χ0v) is 7.89. The summed E-state index contributed by atoms with van der Waals surface area (Å²) in [5.74, 6) is 2.69. The molecule has 0 saturated heterocycles. The highest BCUT2D eigenvalue weighted by Crippen LogP contribution is 2.24. The van der Waals surface area contributed by atoms with E-state index in [0.717, 1.165) is 0 Å². The minimum Gasteiger partial charge on any atom is -0.337 e. The summed E-state index contributed by atoms with van der Waals surface area (Å²) >= 11 is 5.69. The van der Waals surface area contributed by atoms with Crippen LogP contribution in [0.25, 0.3) is 0 Å². The summed E-state index contributed by atoms with van der Waals surface area (Å²) in [7, 11) is 0. The smallest absolute Gasteiger partial charge is 0.195 e. The predicted molar refractivity (Wildman–Crippen MR) is 52.0 cm³/mol. The van der Waals surface area contributed by atoms with Gasteiger partial charge in [0.15, 0.2) is 5.29 Å². The number of nitrogens with zero attached hydrogens (tertiary/aromatic N) is 1. The first-order chi connectivity index (χ1) is 5.56. The van der Waals surface area contributed by atoms with E-state index in [1.165, 1.54) is 0 Å². The number of hydrogen-bond acceptors (Lipinski definition) is 2. The minimum absolute atomic E-state index is 0.0313. The first kappa shape index (κ1) is 9.15. The molecule has 64 valence electrons. The molecule has 0 aromatic heterocycles. The standard InChI is InChI=1S/C9H11ClN2/c1-4-9(2,3)7-5-6-11-8(10)12-7/h1,5-7H,2-3H3,(H,11,12). The normalized spacial score (nSPS) is 22.5. The van der Waals surface area contributed by atoms with Crippen molar-refractivity contribution in [1.82, 2.24) is 5.32 Å². The van der Waals surface area contributed by atoms with Gasteiger partial charge in [0, 0.05) is 6.20 Å². The second kappa shape index (κ2) is 3.20. The van der Waals surface area contributed by atoms with E-state index in [9.17, 15) is 0 Å². The van der Waals surface area contributed by atoms with Crippen molar-refractivity contribution in [3.63, 3.8) is 0 Å². The Hall–Kier alpha value is -0.940. The van der Waals surface area contributed by atoms with Crippen LogP contribution in [0.4, 0.5) is 0 Å². The molecule has 12 heavy (non-hydrogen) atoms. The summed E-state index contributed by atoms with van der Waals surface area (Å²) in [6.45, 7) is 3.92. The molecular formula is C9H11ClN2. The molecule has 1 rings (SSSR count). The van der Waals surface area contributed by atoms with Crippen LogP contribution in [-0.4, -0.2) is 11.3 Å². The largest absolute Gasteiger partial charge is 0.337 e. The molecule has 0 aliphatic carbocycles. The Bertz CT molecular complexity index is 271. The van der Waals surface area contributed by atoms with Crippen molar-refractivity contribution in [2.75, 3.05) is 0 Å². The van der Waals surface area contributed by atoms with Crippen molar-refractivity contribution in [1.29, 1.82) is 0 Å². The molecule has 0 saturated carbocycles. The molecule has 0 bridgehead atoms. The van der Waals surface area contributed by atoms with Gasteiger partial charge in [-0.05, 0) is 31.5 Å². The van der Waals surface area contributed by atoms with Gasteiger partial charge >= 0.3 is 0 Å². The van der Waals surface area contributed by atoms with Crippen LogP contribution in [0.1, 0.15) is 13.8 Å². The molecule has 3 heteroatoms. The summed E-state index contributed by atoms with van der Waals surface area (Å²) in [6.07, 6.45) is 9.04. The maximum Gasteiger partial charge on any atom is 0.195 e. The number of hydrogen-bond donors (Lipinski definition) is 1. The summed E-state index contributed by atoms with van der Waals surface area (Å²) in [6, 6.07) is -0.0313. The first-order valence-electron chi connectivity index (χ1n) is 3.70. The number of rotatable bonds is 1. The number of halogens is 1. The summed E-state index contributed by atoms with van der Waals surface area (Å²) in [4.78, 5) is 4.17. The van der Waals surface area contributed by atoms with Crippen LogP contribution in [-0.2, 0) is 0 Å². The topological polar surface area (TPSA) is 24.4 Å². The Morgan fingerprint density at radius 3 is 2.92 bits per heavy atom. The van der Waals surface area contributed by atoms with Gasteiger partial charge in [-0.3, -0.25) is 0 Å². The van der Waals surface area contributed by atoms with Gasteiger partial charge in [0.2, 0.25) is 0 Å². The number of nitrogens with one attached hydrogen (secondary N) is 1. The third-order valence-corrected chi connectivity index (χ3v) is 2.05. The van der Waals surface area contributed by atoms with E-state index in [0.29, 0.717) is 5.29 Å². The average molecular weight is 183 g/mol. The number of amidine groups is 1. The highest BCUT2D eigenvalue weighted by atomic mass is 35.5. The maximum atomic E-state index is 5.69. The lowest BCUT2D eigenvalue weighted by Gasteiger charge is -2.25. The molecule has 0 radical (unpaired) electrons. The van der Waals surface area contributed by atoms with Crippen LogP contribution in [0.2, 0.25) is 0 Å². The maximum absolute atomic E-state index is 5.69. The Morgan fingerprint density at radius 1 is 1.75 bits per heavy atom. The van der Waals surface area contributed by atoms with Crippen molar-refractivity contribution in [3.8, 4) is 12.3 Å². The van der Waals surface area contributed by atoms with Crippen molar-refractivity contribution >= 4 is 16.9 Å². The monoisotopic (exact) mass is 182 g/mol. The molecule has 0 spiro atoms. The van der Waals surface area contributed by atoms with Gasteiger partial charge in [0.1, 0.15) is 0 Å². The van der Waals surface area contributed by atoms with Crippen LogP contribution >= 0.6 is 11.6 Å². The molecule has 0 amide bonds. The predicted octanol–water partition coefficient (Wildman–Crippen LogP) is 1.73. The van der Waals surface area contributed by atoms with Crippen molar-refractivity contribution in [3.05, 3.63) is 12.3 Å². The fourth-order valence-electron chi connectivity index (χ4n) is 0.898. The Kier molecular flexibility index (Phi) is 2.44. The van der Waals surface area contributed by atoms with Crippen molar-refractivity contribution < 1.29 is 0 Å². The molecule has 0 fully saturated rings. The summed E-state index contributed by atoms with van der Waals surface area (Å²) < 4.78 is 0. The van der Waals surface area contributed by atoms with E-state index < -0.39 is 0 Å². The van der Waals surface area contributed by atoms with Crippen LogP contribution in [0, 0.1) is 17.8 Å². The van der Waals surface area contributed by atoms with Crippen molar-refractivity contribution in [2.24, 2.45) is 10.4 Å². The van der Waals surface area contributed by atoms with Crippen LogP contribution in [0.5, 0.6) is 0 Å². The Balaban J connectivity index is 2.84. The number of aliphatic imine (C=N–C) groups is 1. The average Bonchev–Trinajstić information content (AvgIpc) is 2.05. The van der Waals surface area contributed by atoms with E-state index in [-0.39, 0.29) is 11.5 Å². The zero-order chi connectivity index (χ0) is 9.19. The SMILES string of the molecule is C#CC(C)(C)C1C=CNC(Cl)=N1. The van der Waals surface area contributed by atoms with E-state index in [2.05, 4.69) is 16.2 Å². The molecule has 1 heterocycles. The second-order valence-corrected chi connectivity index (χ2v) is 3.59. The molecule has 1 atom stereocenters. The lowest BCUT2D eigenvalue weighted by Crippen LogP contribution is -2.30. The zero-order valence-electron chi connectivity index (χ0n) is 7.13. The third kappa shape index (κ3) is 1.80. The van der Waals surface area contributed by atoms with Crippen LogP contribution in [0.15, 0.2) is 17.3 Å². The molecule has 0 aromatic carbocycles. The van der Waals surface area contributed by atoms with E-state index in [4.69, 9.17) is 18.0 Å². The van der Waals surface area contributed by atoms with Crippen molar-refractivity contribution in [2.45, 2.75) is 19.9 Å². The first-order valence-corrected chi connectivity index (χ1v) is 4.08. The van der Waals surface area contributed by atoms with Gasteiger partial charge in [-0.15, -0.1) is 6.42 Å². The van der Waals surface area contributed by atoms with E-state index in [1.807, 2.05) is 19.9 Å². The van der Waals surface area contributed by atoms with Gasteiger partial charge in [-0.1, -0.05) is 5.92 Å². The molecule has 1 aliphatic rings. The fourth-order valence-corrected chi connectivity index (χ4v) is 1.07. The fraction of sp³-hybridized carbons (Fsp3) is 0.444. The Morgan fingerprint density at radius 2 is 2.42 bits per heavy atom. The quantitative estimate of drug-likeness (QED) is 0.485. The van der Waals surface area contributed by atoms with Gasteiger partial charge in [-0.2, -0.15) is 0 Å². The molecule has 1 N–H and O–H groups in total. The van der Waals surface area contributed by atoms with Crippen LogP contribution in [0.3, 0.4) is 0 Å². The third-order valence-electron chi connectivity index (χ3n) is 1.84. The van der Waals surface area contributed by atoms with Gasteiger partial charge in [0.05, 0.1) is 11.5 Å². The van der Waals surface area contributed by atoms with Gasteiger partial charge < -0.3 is 5.32 Å². The summed E-state index contributed by atoms with van der Waals surface area (Å²) in [5, 5.41) is 3.17. The molecular weight excluding hydrogens is 172 g/mol. The number of terminal acetylenes is 1. The molecule has 1 aliphatic heterocycles. The van der Waals surface area contributed by atoms with E-state index in [1.54, 1.807) is 6.20 Å². The lowest BCUT2D eigenvalue weighted by molar-refractivity contribution is 0.444. The highest BCUT2D eigenvalue weighted by molar-refractivity contribution is 6.64. The lowest BCUT2D eigenvalue weighted by atomic mass is 9.85. The van der Waals surface area contributed by atoms with Gasteiger partial charge in [-0.25, -0.2) is 4.99 Å². The van der Waals surface area contributed by atoms with Gasteiger partial charge in [0.25, 0.3) is 0 Å². The summed E-state index contributed by atoms with van der Waals surface area (Å²) in [5.41, 5.74) is -0.279. The van der Waals surface area contributed by atoms with E-state index >= 15 is 0 Å².